The van der Waals surface area contributed by atoms with Crippen molar-refractivity contribution in [3.63, 3.8) is 0 Å². The molecule has 0 unspecified atom stereocenters. The summed E-state index contributed by atoms with van der Waals surface area (Å²) in [6, 6.07) is 17.4. The first kappa shape index (κ1) is 25.1. The molecular weight excluding hydrogens is 474 g/mol. The maximum absolute atomic E-state index is 12.6. The van der Waals surface area contributed by atoms with Crippen molar-refractivity contribution in [2.75, 3.05) is 12.3 Å². The maximum atomic E-state index is 12.6. The van der Waals surface area contributed by atoms with Crippen molar-refractivity contribution < 1.29 is 14.3 Å². The molecule has 2 N–H and O–H groups in total. The average Bonchev–Trinajstić information content (AvgIpc) is 3.33. The summed E-state index contributed by atoms with van der Waals surface area (Å²) in [6.07, 6.45) is 4.52. The van der Waals surface area contributed by atoms with Crippen LogP contribution in [0.4, 0.5) is 5.82 Å². The van der Waals surface area contributed by atoms with Crippen LogP contribution in [0.2, 0.25) is 0 Å². The summed E-state index contributed by atoms with van der Waals surface area (Å²) >= 11 is 0. The fourth-order valence-corrected chi connectivity index (χ4v) is 3.69. The van der Waals surface area contributed by atoms with Gasteiger partial charge in [-0.2, -0.15) is 5.10 Å². The topological polar surface area (TPSA) is 131 Å². The number of anilines is 1. The van der Waals surface area contributed by atoms with E-state index in [-0.39, 0.29) is 5.82 Å². The predicted molar refractivity (Wildman–Crippen MR) is 139 cm³/mol. The summed E-state index contributed by atoms with van der Waals surface area (Å²) in [7, 11) is 2.57. The number of hydrogen-bond acceptors (Lipinski definition) is 7. The van der Waals surface area contributed by atoms with Crippen molar-refractivity contribution in [1.82, 2.24) is 18.9 Å². The summed E-state index contributed by atoms with van der Waals surface area (Å²) in [5.41, 5.74) is 7.99. The summed E-state index contributed by atoms with van der Waals surface area (Å²) in [4.78, 5) is 49.3. The van der Waals surface area contributed by atoms with Crippen molar-refractivity contribution in [1.29, 1.82) is 0 Å². The van der Waals surface area contributed by atoms with Gasteiger partial charge in [0.15, 0.2) is 6.61 Å². The summed E-state index contributed by atoms with van der Waals surface area (Å²) < 4.78 is 8.52. The van der Waals surface area contributed by atoms with Crippen molar-refractivity contribution in [2.24, 2.45) is 14.1 Å². The van der Waals surface area contributed by atoms with Crippen LogP contribution in [0.1, 0.15) is 21.5 Å². The van der Waals surface area contributed by atoms with Crippen LogP contribution in [0.25, 0.3) is 23.0 Å². The number of hydrogen-bond donors (Lipinski definition) is 1. The molecule has 2 heterocycles. The number of aromatic nitrogens is 4. The standard InChI is InChI=1S/C27H25N5O5/c1-17-9-11-18(12-10-17)24-19(15-32(29-24)20-7-5-4-6-8-20)13-14-22(34)37-16-21(33)23-25(28)30(2)27(36)31(3)26(23)35/h4-15H,16,28H2,1-3H3/b14-13+. The Kier molecular flexibility index (Phi) is 7.01. The highest BCUT2D eigenvalue weighted by Gasteiger charge is 2.21. The van der Waals surface area contributed by atoms with Gasteiger partial charge in [-0.05, 0) is 25.1 Å². The molecule has 10 nitrogen and oxygen atoms in total. The van der Waals surface area contributed by atoms with Crippen molar-refractivity contribution in [3.8, 4) is 16.9 Å². The zero-order valence-corrected chi connectivity index (χ0v) is 20.5. The highest BCUT2D eigenvalue weighted by Crippen LogP contribution is 2.25. The van der Waals surface area contributed by atoms with Gasteiger partial charge >= 0.3 is 11.7 Å². The van der Waals surface area contributed by atoms with E-state index in [1.807, 2.05) is 61.5 Å². The minimum Gasteiger partial charge on any atom is -0.454 e. The van der Waals surface area contributed by atoms with Crippen LogP contribution in [0.3, 0.4) is 0 Å². The molecule has 2 aromatic carbocycles. The number of nitrogens with zero attached hydrogens (tertiary/aromatic N) is 4. The maximum Gasteiger partial charge on any atom is 0.332 e. The van der Waals surface area contributed by atoms with Crippen LogP contribution >= 0.6 is 0 Å². The van der Waals surface area contributed by atoms with Crippen LogP contribution in [-0.2, 0) is 23.6 Å². The molecule has 0 radical (unpaired) electrons. The van der Waals surface area contributed by atoms with Gasteiger partial charge in [-0.1, -0.05) is 48.0 Å². The second-order valence-corrected chi connectivity index (χ2v) is 8.41. The zero-order chi connectivity index (χ0) is 26.7. The first-order valence-electron chi connectivity index (χ1n) is 11.3. The van der Waals surface area contributed by atoms with Crippen LogP contribution in [0.15, 0.2) is 76.5 Å². The summed E-state index contributed by atoms with van der Waals surface area (Å²) in [5, 5.41) is 4.70. The van der Waals surface area contributed by atoms with Crippen LogP contribution in [0.5, 0.6) is 0 Å². The summed E-state index contributed by atoms with van der Waals surface area (Å²) in [5.74, 6) is -1.90. The van der Waals surface area contributed by atoms with Gasteiger partial charge in [0.1, 0.15) is 11.4 Å². The molecule has 4 rings (SSSR count). The van der Waals surface area contributed by atoms with E-state index < -0.39 is 35.2 Å². The second-order valence-electron chi connectivity index (χ2n) is 8.41. The van der Waals surface area contributed by atoms with Crippen LogP contribution in [-0.4, -0.2) is 37.3 Å². The van der Waals surface area contributed by atoms with E-state index in [1.165, 1.54) is 20.2 Å². The van der Waals surface area contributed by atoms with Gasteiger partial charge in [0.05, 0.1) is 11.4 Å². The van der Waals surface area contributed by atoms with Crippen LogP contribution < -0.4 is 17.0 Å². The van der Waals surface area contributed by atoms with Crippen molar-refractivity contribution >= 4 is 23.6 Å². The average molecular weight is 500 g/mol. The molecule has 0 aliphatic heterocycles. The summed E-state index contributed by atoms with van der Waals surface area (Å²) in [6.45, 7) is 1.28. The Labute approximate surface area is 211 Å². The van der Waals surface area contributed by atoms with Crippen molar-refractivity contribution in [3.05, 3.63) is 104 Å². The number of nitrogen functional groups attached to an aromatic ring is 1. The number of rotatable bonds is 7. The fourth-order valence-electron chi connectivity index (χ4n) is 3.69. The van der Waals surface area contributed by atoms with Crippen LogP contribution in [0, 0.1) is 6.92 Å². The first-order chi connectivity index (χ1) is 17.7. The van der Waals surface area contributed by atoms with Crippen molar-refractivity contribution in [2.45, 2.75) is 6.92 Å². The second kappa shape index (κ2) is 10.3. The van der Waals surface area contributed by atoms with E-state index in [0.29, 0.717) is 11.3 Å². The molecular formula is C27H25N5O5. The minimum absolute atomic E-state index is 0.291. The first-order valence-corrected chi connectivity index (χ1v) is 11.3. The Morgan fingerprint density at radius 2 is 1.68 bits per heavy atom. The molecule has 188 valence electrons. The molecule has 0 spiro atoms. The van der Waals surface area contributed by atoms with E-state index in [4.69, 9.17) is 15.6 Å². The number of carbonyl (C=O) groups excluding carboxylic acids is 2. The zero-order valence-electron chi connectivity index (χ0n) is 20.5. The smallest absolute Gasteiger partial charge is 0.332 e. The van der Waals surface area contributed by atoms with E-state index in [9.17, 15) is 19.2 Å². The van der Waals surface area contributed by atoms with Gasteiger partial charge in [-0.15, -0.1) is 0 Å². The molecule has 4 aromatic rings. The highest BCUT2D eigenvalue weighted by atomic mass is 16.5. The number of aryl methyl sites for hydroxylation is 1. The largest absolute Gasteiger partial charge is 0.454 e. The van der Waals surface area contributed by atoms with Gasteiger partial charge in [-0.25, -0.2) is 14.3 Å². The fraction of sp³-hybridized carbons (Fsp3) is 0.148. The molecule has 0 aliphatic carbocycles. The lowest BCUT2D eigenvalue weighted by Gasteiger charge is -2.10. The molecule has 0 saturated heterocycles. The van der Waals surface area contributed by atoms with Gasteiger partial charge in [0, 0.05) is 37.5 Å². The number of carbonyl (C=O) groups is 2. The number of ether oxygens (including phenoxy) is 1. The Hall–Kier alpha value is -4.99. The Morgan fingerprint density at radius 3 is 2.35 bits per heavy atom. The third-order valence-electron chi connectivity index (χ3n) is 5.82. The van der Waals surface area contributed by atoms with E-state index >= 15 is 0 Å². The minimum atomic E-state index is -0.853. The van der Waals surface area contributed by atoms with Gasteiger partial charge in [0.2, 0.25) is 5.78 Å². The van der Waals surface area contributed by atoms with Gasteiger partial charge < -0.3 is 10.5 Å². The lowest BCUT2D eigenvalue weighted by Crippen LogP contribution is -2.42. The number of para-hydroxylation sites is 1. The third kappa shape index (κ3) is 5.18. The lowest BCUT2D eigenvalue weighted by molar-refractivity contribution is -0.136. The number of benzene rings is 2. The molecule has 0 aliphatic rings. The third-order valence-corrected chi connectivity index (χ3v) is 5.82. The molecule has 37 heavy (non-hydrogen) atoms. The molecule has 0 saturated carbocycles. The monoisotopic (exact) mass is 499 g/mol. The van der Waals surface area contributed by atoms with E-state index in [1.54, 1.807) is 17.0 Å². The predicted octanol–water partition coefficient (Wildman–Crippen LogP) is 2.27. The van der Waals surface area contributed by atoms with E-state index in [0.717, 1.165) is 25.9 Å². The SMILES string of the molecule is Cc1ccc(-c2nn(-c3ccccc3)cc2/C=C/C(=O)OCC(=O)c2c(N)n(C)c(=O)n(C)c2=O)cc1. The Morgan fingerprint density at radius 1 is 1.00 bits per heavy atom. The number of ketones is 1. The lowest BCUT2D eigenvalue weighted by atomic mass is 10.1. The molecule has 10 heteroatoms. The number of nitrogens with two attached hydrogens (primary N) is 1. The highest BCUT2D eigenvalue weighted by molar-refractivity contribution is 6.02. The number of Topliss-reactive ketones (excluding diaryl/α,β-unsaturated/α-hetero) is 1. The quantitative estimate of drug-likeness (QED) is 0.234. The molecule has 2 aromatic heterocycles. The molecule has 0 fully saturated rings. The Balaban J connectivity index is 1.56. The molecule has 0 atom stereocenters. The normalized spacial score (nSPS) is 11.1. The van der Waals surface area contributed by atoms with Gasteiger partial charge in [-0.3, -0.25) is 18.7 Å². The Bertz CT molecular complexity index is 1630. The van der Waals surface area contributed by atoms with Gasteiger partial charge in [0.25, 0.3) is 5.56 Å². The van der Waals surface area contributed by atoms with E-state index in [2.05, 4.69) is 0 Å². The molecule has 0 bridgehead atoms. The molecule has 0 amide bonds. The number of esters is 1.